The molecule has 172 valence electrons. The lowest BCUT2D eigenvalue weighted by Gasteiger charge is -2.20. The van der Waals surface area contributed by atoms with Crippen molar-refractivity contribution in [1.29, 1.82) is 0 Å². The van der Waals surface area contributed by atoms with Gasteiger partial charge in [-0.3, -0.25) is 9.59 Å². The summed E-state index contributed by atoms with van der Waals surface area (Å²) in [6, 6.07) is 20.3. The van der Waals surface area contributed by atoms with Crippen molar-refractivity contribution < 1.29 is 14.3 Å². The van der Waals surface area contributed by atoms with Crippen molar-refractivity contribution in [2.75, 3.05) is 18.5 Å². The van der Waals surface area contributed by atoms with E-state index in [9.17, 15) is 9.59 Å². The molecule has 0 bridgehead atoms. The van der Waals surface area contributed by atoms with Gasteiger partial charge in [0.05, 0.1) is 12.1 Å². The molecule has 0 aliphatic carbocycles. The Bertz CT molecular complexity index is 1420. The molecule has 0 fully saturated rings. The van der Waals surface area contributed by atoms with Crippen LogP contribution in [0.25, 0.3) is 5.69 Å². The maximum absolute atomic E-state index is 13.1. The molecule has 0 unspecified atom stereocenters. The maximum atomic E-state index is 13.1. The molecule has 7 nitrogen and oxygen atoms in total. The van der Waals surface area contributed by atoms with Gasteiger partial charge in [0.2, 0.25) is 0 Å². The zero-order valence-electron chi connectivity index (χ0n) is 19.1. The van der Waals surface area contributed by atoms with E-state index in [-0.39, 0.29) is 11.5 Å². The summed E-state index contributed by atoms with van der Waals surface area (Å²) >= 11 is 0. The van der Waals surface area contributed by atoms with Gasteiger partial charge in [0.15, 0.2) is 11.5 Å². The van der Waals surface area contributed by atoms with Gasteiger partial charge >= 0.3 is 0 Å². The Balaban J connectivity index is 1.34. The van der Waals surface area contributed by atoms with Crippen LogP contribution in [0.5, 0.6) is 11.5 Å². The lowest BCUT2D eigenvalue weighted by molar-refractivity contribution is 0.102. The van der Waals surface area contributed by atoms with Gasteiger partial charge in [0.25, 0.3) is 11.5 Å². The highest BCUT2D eigenvalue weighted by Crippen LogP contribution is 2.33. The van der Waals surface area contributed by atoms with Crippen LogP contribution in [0.2, 0.25) is 0 Å². The van der Waals surface area contributed by atoms with Crippen LogP contribution < -0.4 is 20.3 Å². The molecular weight excluding hydrogens is 430 g/mol. The van der Waals surface area contributed by atoms with Crippen LogP contribution in [0.3, 0.4) is 0 Å². The fourth-order valence-corrected chi connectivity index (χ4v) is 4.24. The lowest BCUT2D eigenvalue weighted by atomic mass is 10.2. The molecule has 4 aromatic rings. The predicted octanol–water partition coefficient (Wildman–Crippen LogP) is 4.33. The molecule has 0 saturated carbocycles. The number of hydrogen-bond donors (Lipinski definition) is 1. The van der Waals surface area contributed by atoms with E-state index in [1.54, 1.807) is 16.8 Å². The minimum atomic E-state index is -0.177. The first-order chi connectivity index (χ1) is 16.5. The topological polar surface area (TPSA) is 74.5 Å². The van der Waals surface area contributed by atoms with Gasteiger partial charge in [-0.05, 0) is 55.8 Å². The minimum absolute atomic E-state index is 0.0479. The maximum Gasteiger partial charge on any atom is 0.257 e. The van der Waals surface area contributed by atoms with E-state index in [0.29, 0.717) is 36.8 Å². The summed E-state index contributed by atoms with van der Waals surface area (Å²) in [5.41, 5.74) is 4.93. The number of aromatic nitrogens is 2. The minimum Gasteiger partial charge on any atom is -0.486 e. The summed E-state index contributed by atoms with van der Waals surface area (Å²) in [6.07, 6.45) is 1.76. The van der Waals surface area contributed by atoms with Gasteiger partial charge in [-0.1, -0.05) is 18.2 Å². The molecule has 2 aromatic heterocycles. The fraction of sp³-hybridized carbons (Fsp3) is 0.185. The van der Waals surface area contributed by atoms with Crippen LogP contribution in [0.4, 0.5) is 5.69 Å². The van der Waals surface area contributed by atoms with Crippen molar-refractivity contribution >= 4 is 11.6 Å². The van der Waals surface area contributed by atoms with Crippen LogP contribution >= 0.6 is 0 Å². The highest BCUT2D eigenvalue weighted by molar-refractivity contribution is 6.05. The number of nitrogens with one attached hydrogen (secondary N) is 1. The molecule has 1 aliphatic heterocycles. The van der Waals surface area contributed by atoms with Crippen molar-refractivity contribution in [3.63, 3.8) is 0 Å². The number of anilines is 1. The third-order valence-electron chi connectivity index (χ3n) is 5.92. The first-order valence-corrected chi connectivity index (χ1v) is 11.1. The number of rotatable bonds is 5. The van der Waals surface area contributed by atoms with Gasteiger partial charge in [-0.15, -0.1) is 0 Å². The SMILES string of the molecule is Cc1cc(C(=O)Nc2ccc(Cn3ccccc3=O)cc2)c(C)n1-c1ccc2c(c1)OCCO2. The monoisotopic (exact) mass is 455 g/mol. The fourth-order valence-electron chi connectivity index (χ4n) is 4.24. The number of benzene rings is 2. The first kappa shape index (κ1) is 21.6. The normalized spacial score (nSPS) is 12.4. The number of ether oxygens (including phenoxy) is 2. The second kappa shape index (κ2) is 8.94. The highest BCUT2D eigenvalue weighted by Gasteiger charge is 2.19. The Morgan fingerprint density at radius 3 is 2.47 bits per heavy atom. The van der Waals surface area contributed by atoms with E-state index in [2.05, 4.69) is 5.32 Å². The third-order valence-corrected chi connectivity index (χ3v) is 5.92. The second-order valence-electron chi connectivity index (χ2n) is 8.27. The number of hydrogen-bond acceptors (Lipinski definition) is 4. The predicted molar refractivity (Wildman–Crippen MR) is 130 cm³/mol. The lowest BCUT2D eigenvalue weighted by Crippen LogP contribution is -2.18. The van der Waals surface area contributed by atoms with Crippen molar-refractivity contribution in [3.05, 3.63) is 106 Å². The molecule has 1 N–H and O–H groups in total. The quantitative estimate of drug-likeness (QED) is 0.486. The summed E-state index contributed by atoms with van der Waals surface area (Å²) < 4.78 is 15.0. The summed E-state index contributed by atoms with van der Waals surface area (Å²) in [5.74, 6) is 1.26. The molecule has 34 heavy (non-hydrogen) atoms. The van der Waals surface area contributed by atoms with Crippen LogP contribution in [-0.4, -0.2) is 28.3 Å². The van der Waals surface area contributed by atoms with Crippen LogP contribution in [0.1, 0.15) is 27.3 Å². The average molecular weight is 456 g/mol. The Morgan fingerprint density at radius 2 is 1.71 bits per heavy atom. The van der Waals surface area contributed by atoms with Gasteiger partial charge < -0.3 is 23.9 Å². The number of amides is 1. The number of carbonyl (C=O) groups is 1. The third kappa shape index (κ3) is 4.20. The van der Waals surface area contributed by atoms with Gasteiger partial charge in [-0.25, -0.2) is 0 Å². The van der Waals surface area contributed by atoms with E-state index >= 15 is 0 Å². The summed E-state index contributed by atoms with van der Waals surface area (Å²) in [7, 11) is 0. The van der Waals surface area contributed by atoms with E-state index in [1.165, 1.54) is 6.07 Å². The number of aryl methyl sites for hydroxylation is 1. The Hall–Kier alpha value is -4.26. The average Bonchev–Trinajstić information content (AvgIpc) is 3.15. The van der Waals surface area contributed by atoms with Gasteiger partial charge in [0.1, 0.15) is 13.2 Å². The van der Waals surface area contributed by atoms with E-state index in [1.807, 2.05) is 73.0 Å². The zero-order chi connectivity index (χ0) is 23.7. The van der Waals surface area contributed by atoms with E-state index < -0.39 is 0 Å². The van der Waals surface area contributed by atoms with Crippen LogP contribution in [0, 0.1) is 13.8 Å². The largest absolute Gasteiger partial charge is 0.486 e. The second-order valence-corrected chi connectivity index (χ2v) is 8.27. The molecule has 5 rings (SSSR count). The molecular formula is C27H25N3O4. The summed E-state index contributed by atoms with van der Waals surface area (Å²) in [4.78, 5) is 25.0. The molecule has 3 heterocycles. The molecule has 2 aromatic carbocycles. The molecule has 1 amide bonds. The highest BCUT2D eigenvalue weighted by atomic mass is 16.6. The standard InChI is InChI=1S/C27H25N3O4/c1-18-15-23(19(2)30(18)22-10-11-24-25(16-22)34-14-13-33-24)27(32)28-21-8-6-20(7-9-21)17-29-12-4-3-5-26(29)31/h3-12,15-16H,13-14,17H2,1-2H3,(H,28,32). The van der Waals surface area contributed by atoms with Crippen molar-refractivity contribution in [2.45, 2.75) is 20.4 Å². The van der Waals surface area contributed by atoms with Crippen molar-refractivity contribution in [3.8, 4) is 17.2 Å². The van der Waals surface area contributed by atoms with Crippen LogP contribution in [0.15, 0.2) is 77.7 Å². The molecule has 1 aliphatic rings. The number of fused-ring (bicyclic) bond motifs is 1. The Morgan fingerprint density at radius 1 is 0.941 bits per heavy atom. The number of nitrogens with zero attached hydrogens (tertiary/aromatic N) is 2. The van der Waals surface area contributed by atoms with E-state index in [0.717, 1.165) is 28.4 Å². The number of carbonyl (C=O) groups excluding carboxylic acids is 1. The van der Waals surface area contributed by atoms with Crippen LogP contribution in [-0.2, 0) is 6.54 Å². The van der Waals surface area contributed by atoms with Crippen molar-refractivity contribution in [2.24, 2.45) is 0 Å². The van der Waals surface area contributed by atoms with E-state index in [4.69, 9.17) is 9.47 Å². The molecule has 0 spiro atoms. The van der Waals surface area contributed by atoms with Crippen molar-refractivity contribution in [1.82, 2.24) is 9.13 Å². The summed E-state index contributed by atoms with van der Waals surface area (Å²) in [6.45, 7) is 5.45. The number of pyridine rings is 1. The van der Waals surface area contributed by atoms with Gasteiger partial charge in [-0.2, -0.15) is 0 Å². The summed E-state index contributed by atoms with van der Waals surface area (Å²) in [5, 5.41) is 2.98. The smallest absolute Gasteiger partial charge is 0.257 e. The zero-order valence-corrected chi connectivity index (χ0v) is 19.1. The molecule has 0 saturated heterocycles. The Labute approximate surface area is 197 Å². The Kier molecular flexibility index (Phi) is 5.67. The molecule has 7 heteroatoms. The first-order valence-electron chi connectivity index (χ1n) is 11.1. The van der Waals surface area contributed by atoms with Gasteiger partial charge in [0, 0.05) is 41.1 Å². The molecule has 0 atom stereocenters. The molecule has 0 radical (unpaired) electrons.